The second kappa shape index (κ2) is 10.6. The Labute approximate surface area is 173 Å². The highest BCUT2D eigenvalue weighted by atomic mass is 31.2. The van der Waals surface area contributed by atoms with Gasteiger partial charge in [-0.15, -0.1) is 0 Å². The van der Waals surface area contributed by atoms with E-state index >= 15 is 0 Å². The molecule has 172 valence electrons. The van der Waals surface area contributed by atoms with Crippen LogP contribution in [0.2, 0.25) is 0 Å². The minimum Gasteiger partial charge on any atom is -0.370 e. The van der Waals surface area contributed by atoms with Gasteiger partial charge in [-0.05, 0) is 35.1 Å². The molecule has 2 fully saturated rings. The minimum absolute atomic E-state index is 0.000116. The van der Waals surface area contributed by atoms with Gasteiger partial charge in [0.05, 0.1) is 38.1 Å². The molecule has 0 aromatic heterocycles. The molecule has 2 saturated heterocycles. The number of aliphatic hydroxyl groups excluding tert-OH is 1. The molecular weight excluding hydrogens is 422 g/mol. The quantitative estimate of drug-likeness (QED) is 0.470. The number of hydrogen-bond acceptors (Lipinski definition) is 8. The van der Waals surface area contributed by atoms with Crippen molar-refractivity contribution < 1.29 is 32.8 Å². The third-order valence-electron chi connectivity index (χ3n) is 4.88. The zero-order chi connectivity index (χ0) is 21.8. The van der Waals surface area contributed by atoms with E-state index in [2.05, 4.69) is 5.32 Å². The van der Waals surface area contributed by atoms with Crippen LogP contribution in [0, 0.1) is 0 Å². The molecule has 0 bridgehead atoms. The summed E-state index contributed by atoms with van der Waals surface area (Å²) in [5.41, 5.74) is 0. The molecule has 0 aliphatic carbocycles. The van der Waals surface area contributed by atoms with E-state index < -0.39 is 27.6 Å². The van der Waals surface area contributed by atoms with Crippen molar-refractivity contribution in [3.05, 3.63) is 0 Å². The lowest BCUT2D eigenvalue weighted by Crippen LogP contribution is -2.50. The monoisotopic (exact) mass is 458 g/mol. The van der Waals surface area contributed by atoms with E-state index in [9.17, 15) is 14.2 Å². The van der Waals surface area contributed by atoms with Crippen LogP contribution < -0.4 is 5.32 Å². The summed E-state index contributed by atoms with van der Waals surface area (Å²) in [5.74, 6) is 0. The Kier molecular flexibility index (Phi) is 9.28. The fraction of sp³-hybridized carbons (Fsp3) is 1.00. The standard InChI is InChI=1S/C16H36N4O7P2/c1-13-7-17-8-14(26-13)11-25-29(23,19(4)5)20-9-15(27-16(21)10-20)12-24-28(6,22)18(2)3/h13-17,21H,7-12H2,1-6H3. The Bertz CT molecular complexity index is 624. The van der Waals surface area contributed by atoms with Crippen molar-refractivity contribution in [2.75, 3.05) is 74.2 Å². The fourth-order valence-corrected chi connectivity index (χ4v) is 5.70. The first-order valence-corrected chi connectivity index (χ1v) is 13.3. The van der Waals surface area contributed by atoms with Crippen molar-refractivity contribution in [1.29, 1.82) is 0 Å². The molecule has 0 amide bonds. The van der Waals surface area contributed by atoms with Gasteiger partial charge in [0, 0.05) is 26.3 Å². The van der Waals surface area contributed by atoms with Gasteiger partial charge in [-0.1, -0.05) is 0 Å². The lowest BCUT2D eigenvalue weighted by Gasteiger charge is -2.42. The number of morpholine rings is 2. The van der Waals surface area contributed by atoms with Crippen molar-refractivity contribution in [3.63, 3.8) is 0 Å². The third-order valence-corrected chi connectivity index (χ3v) is 9.50. The molecule has 6 unspecified atom stereocenters. The fourth-order valence-electron chi connectivity index (χ4n) is 3.03. The van der Waals surface area contributed by atoms with Crippen LogP contribution in [0.4, 0.5) is 0 Å². The summed E-state index contributed by atoms with van der Waals surface area (Å²) in [4.78, 5) is 0. The first-order valence-electron chi connectivity index (χ1n) is 9.71. The van der Waals surface area contributed by atoms with Crippen molar-refractivity contribution in [1.82, 2.24) is 19.3 Å². The van der Waals surface area contributed by atoms with Crippen molar-refractivity contribution in [3.8, 4) is 0 Å². The van der Waals surface area contributed by atoms with Crippen LogP contribution in [-0.2, 0) is 27.7 Å². The Morgan fingerprint density at radius 1 is 1.03 bits per heavy atom. The molecule has 11 nitrogen and oxygen atoms in total. The highest BCUT2D eigenvalue weighted by Gasteiger charge is 2.42. The molecule has 0 aromatic carbocycles. The van der Waals surface area contributed by atoms with E-state index in [1.807, 2.05) is 6.92 Å². The number of aliphatic hydroxyl groups is 1. The van der Waals surface area contributed by atoms with E-state index in [0.29, 0.717) is 6.54 Å². The summed E-state index contributed by atoms with van der Waals surface area (Å²) in [7, 11) is 0.298. The van der Waals surface area contributed by atoms with Gasteiger partial charge < -0.3 is 28.9 Å². The van der Waals surface area contributed by atoms with E-state index in [1.165, 1.54) is 16.0 Å². The van der Waals surface area contributed by atoms with Crippen LogP contribution in [0.15, 0.2) is 0 Å². The number of rotatable bonds is 9. The molecule has 13 heteroatoms. The van der Waals surface area contributed by atoms with Crippen LogP contribution in [0.5, 0.6) is 0 Å². The Morgan fingerprint density at radius 2 is 1.69 bits per heavy atom. The maximum Gasteiger partial charge on any atom is 0.345 e. The summed E-state index contributed by atoms with van der Waals surface area (Å²) < 4.78 is 53.4. The third kappa shape index (κ3) is 7.05. The molecule has 0 aromatic rings. The highest BCUT2D eigenvalue weighted by Crippen LogP contribution is 2.54. The second-order valence-electron chi connectivity index (χ2n) is 7.89. The topological polar surface area (TPSA) is 113 Å². The minimum atomic E-state index is -3.43. The average Bonchev–Trinajstić information content (AvgIpc) is 2.64. The van der Waals surface area contributed by atoms with Crippen LogP contribution in [0.25, 0.3) is 0 Å². The Morgan fingerprint density at radius 3 is 2.28 bits per heavy atom. The molecule has 29 heavy (non-hydrogen) atoms. The summed E-state index contributed by atoms with van der Waals surface area (Å²) in [5, 5.41) is 13.4. The molecule has 2 aliphatic heterocycles. The summed E-state index contributed by atoms with van der Waals surface area (Å²) in [6, 6.07) is 0. The van der Waals surface area contributed by atoms with Crippen molar-refractivity contribution in [2.45, 2.75) is 31.5 Å². The predicted octanol–water partition coefficient (Wildman–Crippen LogP) is 0.470. The number of ether oxygens (including phenoxy) is 2. The Balaban J connectivity index is 2.02. The maximum absolute atomic E-state index is 13.7. The van der Waals surface area contributed by atoms with Crippen LogP contribution >= 0.6 is 15.2 Å². The van der Waals surface area contributed by atoms with E-state index in [0.717, 1.165) is 6.54 Å². The van der Waals surface area contributed by atoms with E-state index in [-0.39, 0.29) is 38.5 Å². The molecule has 0 radical (unpaired) electrons. The van der Waals surface area contributed by atoms with Crippen LogP contribution in [0.3, 0.4) is 0 Å². The summed E-state index contributed by atoms with van der Waals surface area (Å²) in [6.45, 7) is 5.27. The van der Waals surface area contributed by atoms with Gasteiger partial charge >= 0.3 is 7.67 Å². The first kappa shape index (κ1) is 25.4. The van der Waals surface area contributed by atoms with Crippen molar-refractivity contribution in [2.24, 2.45) is 0 Å². The normalized spacial score (nSPS) is 33.6. The second-order valence-corrected chi connectivity index (χ2v) is 13.2. The first-order chi connectivity index (χ1) is 13.4. The van der Waals surface area contributed by atoms with Crippen LogP contribution in [-0.4, -0.2) is 118 Å². The molecule has 6 atom stereocenters. The van der Waals surface area contributed by atoms with Gasteiger partial charge in [0.1, 0.15) is 0 Å². The predicted molar refractivity (Wildman–Crippen MR) is 110 cm³/mol. The molecule has 2 N–H and O–H groups in total. The van der Waals surface area contributed by atoms with Gasteiger partial charge in [0.2, 0.25) is 0 Å². The summed E-state index contributed by atoms with van der Waals surface area (Å²) >= 11 is 0. The van der Waals surface area contributed by atoms with Gasteiger partial charge in [-0.3, -0.25) is 9.13 Å². The number of nitrogens with one attached hydrogen (secondary N) is 1. The van der Waals surface area contributed by atoms with Gasteiger partial charge in [0.15, 0.2) is 6.29 Å². The van der Waals surface area contributed by atoms with E-state index in [4.69, 9.17) is 18.5 Å². The maximum atomic E-state index is 13.7. The molecule has 2 aliphatic rings. The number of hydrogen-bond donors (Lipinski definition) is 2. The number of nitrogens with zero attached hydrogens (tertiary/aromatic N) is 3. The highest BCUT2D eigenvalue weighted by molar-refractivity contribution is 7.55. The molecular formula is C16H36N4O7P2. The SMILES string of the molecule is CC1CNCC(COP(=O)(N(C)C)N2CC(O)OC(COP(C)(=O)N(C)C)C2)O1. The zero-order valence-electron chi connectivity index (χ0n) is 18.2. The van der Waals surface area contributed by atoms with Gasteiger partial charge in [-0.25, -0.2) is 14.0 Å². The molecule has 0 saturated carbocycles. The lowest BCUT2D eigenvalue weighted by molar-refractivity contribution is -0.179. The van der Waals surface area contributed by atoms with Crippen LogP contribution in [0.1, 0.15) is 6.92 Å². The molecule has 2 rings (SSSR count). The largest absolute Gasteiger partial charge is 0.370 e. The number of β-amino-alcohol motifs (C(OH)–C–C–N with tert-alkyl or cyclic N) is 1. The van der Waals surface area contributed by atoms with Crippen molar-refractivity contribution >= 4 is 15.2 Å². The average molecular weight is 458 g/mol. The van der Waals surface area contributed by atoms with Gasteiger partial charge in [0.25, 0.3) is 7.52 Å². The smallest absolute Gasteiger partial charge is 0.345 e. The lowest BCUT2D eigenvalue weighted by atomic mass is 10.3. The van der Waals surface area contributed by atoms with E-state index in [1.54, 1.807) is 32.9 Å². The Hall–Kier alpha value is 0.1000. The van der Waals surface area contributed by atoms with Gasteiger partial charge in [-0.2, -0.15) is 0 Å². The molecule has 2 heterocycles. The molecule has 0 spiro atoms. The zero-order valence-corrected chi connectivity index (χ0v) is 20.0. The summed E-state index contributed by atoms with van der Waals surface area (Å²) in [6.07, 6.45) is -1.90.